The second-order valence-corrected chi connectivity index (χ2v) is 7.01. The molecule has 8 heteroatoms. The first-order valence-electron chi connectivity index (χ1n) is 7.98. The van der Waals surface area contributed by atoms with Gasteiger partial charge in [-0.05, 0) is 33.6 Å². The van der Waals surface area contributed by atoms with Crippen molar-refractivity contribution in [3.05, 3.63) is 12.5 Å². The number of piperidine rings is 1. The molecule has 122 valence electrons. The molecule has 1 fully saturated rings. The number of carbonyl (C=O) groups is 1. The number of fused-ring (bicyclic) bond motifs is 1. The number of aromatic nitrogens is 4. The Morgan fingerprint density at radius 1 is 1.43 bits per heavy atom. The maximum absolute atomic E-state index is 12.3. The minimum Gasteiger partial charge on any atom is -0.444 e. The van der Waals surface area contributed by atoms with Crippen LogP contribution >= 0.6 is 0 Å². The third-order valence-corrected chi connectivity index (χ3v) is 3.95. The van der Waals surface area contributed by atoms with Crippen molar-refractivity contribution < 1.29 is 9.53 Å². The van der Waals surface area contributed by atoms with Gasteiger partial charge in [0.15, 0.2) is 13.5 Å². The van der Waals surface area contributed by atoms with Gasteiger partial charge in [0.25, 0.3) is 0 Å². The van der Waals surface area contributed by atoms with Crippen LogP contribution in [0.5, 0.6) is 0 Å². The average molecular weight is 315 g/mol. The molecule has 1 amide bonds. The van der Waals surface area contributed by atoms with Crippen molar-refractivity contribution in [3.8, 4) is 0 Å². The van der Waals surface area contributed by atoms with Crippen LogP contribution in [0.4, 0.5) is 4.79 Å². The van der Waals surface area contributed by atoms with Gasteiger partial charge in [-0.25, -0.2) is 19.4 Å². The van der Waals surface area contributed by atoms with E-state index in [0.717, 1.165) is 36.0 Å². The van der Waals surface area contributed by atoms with E-state index in [0.29, 0.717) is 6.54 Å². The molecule has 1 saturated heterocycles. The third-order valence-electron chi connectivity index (χ3n) is 3.95. The van der Waals surface area contributed by atoms with Gasteiger partial charge in [0.05, 0.1) is 11.4 Å². The van der Waals surface area contributed by atoms with E-state index in [1.54, 1.807) is 11.1 Å². The molecule has 0 N–H and O–H groups in total. The largest absolute Gasteiger partial charge is 0.444 e. The standard InChI is InChI=1S/C15H22BN5O2/c1-15(2,3)23-14(22)20-6-4-5-10(8-20)21-13-11(12(16)19-21)7-17-9-18-13/h7,9-10H,4-6,8,16H2,1-3H3/t10-/m1/s1. The lowest BCUT2D eigenvalue weighted by Gasteiger charge is -2.34. The van der Waals surface area contributed by atoms with Crippen molar-refractivity contribution in [1.29, 1.82) is 0 Å². The lowest BCUT2D eigenvalue weighted by atomic mass is 10.0. The van der Waals surface area contributed by atoms with E-state index >= 15 is 0 Å². The fourth-order valence-corrected chi connectivity index (χ4v) is 2.93. The first kappa shape index (κ1) is 15.8. The number of ether oxygens (including phenoxy) is 1. The highest BCUT2D eigenvalue weighted by Gasteiger charge is 2.29. The molecule has 2 aromatic rings. The molecule has 3 rings (SSSR count). The van der Waals surface area contributed by atoms with Crippen LogP contribution in [0, 0.1) is 0 Å². The van der Waals surface area contributed by atoms with Crippen molar-refractivity contribution in [1.82, 2.24) is 24.6 Å². The van der Waals surface area contributed by atoms with E-state index in [1.807, 2.05) is 33.3 Å². The van der Waals surface area contributed by atoms with E-state index in [9.17, 15) is 4.79 Å². The zero-order valence-corrected chi connectivity index (χ0v) is 14.1. The second-order valence-electron chi connectivity index (χ2n) is 7.01. The molecule has 23 heavy (non-hydrogen) atoms. The SMILES string of the molecule is Bc1nn([C@@H]2CCCN(C(=O)OC(C)(C)C)C2)c2ncncc12. The van der Waals surface area contributed by atoms with Gasteiger partial charge in [-0.3, -0.25) is 0 Å². The predicted molar refractivity (Wildman–Crippen MR) is 89.6 cm³/mol. The Hall–Kier alpha value is -2.12. The molecule has 3 heterocycles. The normalized spacial score (nSPS) is 19.1. The number of rotatable bonds is 1. The van der Waals surface area contributed by atoms with Gasteiger partial charge in [-0.15, -0.1) is 0 Å². The summed E-state index contributed by atoms with van der Waals surface area (Å²) in [7, 11) is 1.96. The highest BCUT2D eigenvalue weighted by Crippen LogP contribution is 2.24. The zero-order chi connectivity index (χ0) is 16.6. The third kappa shape index (κ3) is 3.30. The Kier molecular flexibility index (Phi) is 4.00. The molecule has 0 aliphatic carbocycles. The van der Waals surface area contributed by atoms with Gasteiger partial charge in [-0.1, -0.05) is 0 Å². The molecular weight excluding hydrogens is 293 g/mol. The summed E-state index contributed by atoms with van der Waals surface area (Å²) in [6.45, 7) is 6.96. The number of hydrogen-bond acceptors (Lipinski definition) is 5. The quantitative estimate of drug-likeness (QED) is 0.723. The topological polar surface area (TPSA) is 73.1 Å². The van der Waals surface area contributed by atoms with Crippen LogP contribution in [-0.2, 0) is 4.74 Å². The first-order chi connectivity index (χ1) is 10.8. The van der Waals surface area contributed by atoms with Crippen molar-refractivity contribution in [3.63, 3.8) is 0 Å². The minimum absolute atomic E-state index is 0.113. The van der Waals surface area contributed by atoms with Crippen molar-refractivity contribution in [2.75, 3.05) is 13.1 Å². The van der Waals surface area contributed by atoms with Crippen LogP contribution in [0.2, 0.25) is 0 Å². The van der Waals surface area contributed by atoms with Gasteiger partial charge in [-0.2, -0.15) is 5.10 Å². The van der Waals surface area contributed by atoms with Gasteiger partial charge in [0.1, 0.15) is 11.9 Å². The fourth-order valence-electron chi connectivity index (χ4n) is 2.93. The molecule has 0 spiro atoms. The summed E-state index contributed by atoms with van der Waals surface area (Å²) in [5, 5.41) is 5.58. The molecule has 0 radical (unpaired) electrons. The summed E-state index contributed by atoms with van der Waals surface area (Å²) in [5.74, 6) is 0. The number of amides is 1. The smallest absolute Gasteiger partial charge is 0.410 e. The molecule has 2 aromatic heterocycles. The van der Waals surface area contributed by atoms with Crippen molar-refractivity contribution >= 4 is 30.6 Å². The zero-order valence-electron chi connectivity index (χ0n) is 14.1. The van der Waals surface area contributed by atoms with Crippen molar-refractivity contribution in [2.45, 2.75) is 45.3 Å². The number of nitrogens with zero attached hydrogens (tertiary/aromatic N) is 5. The molecule has 1 atom stereocenters. The van der Waals surface area contributed by atoms with Gasteiger partial charge in [0.2, 0.25) is 0 Å². The maximum Gasteiger partial charge on any atom is 0.410 e. The Morgan fingerprint density at radius 2 is 2.22 bits per heavy atom. The van der Waals surface area contributed by atoms with Crippen LogP contribution < -0.4 is 5.59 Å². The lowest BCUT2D eigenvalue weighted by molar-refractivity contribution is 0.0169. The maximum atomic E-state index is 12.3. The summed E-state index contributed by atoms with van der Waals surface area (Å²) in [6, 6.07) is 0.113. The summed E-state index contributed by atoms with van der Waals surface area (Å²) in [6.07, 6.45) is 4.96. The monoisotopic (exact) mass is 315 g/mol. The summed E-state index contributed by atoms with van der Waals surface area (Å²) in [4.78, 5) is 22.5. The first-order valence-corrected chi connectivity index (χ1v) is 7.98. The van der Waals surface area contributed by atoms with E-state index < -0.39 is 5.60 Å². The molecule has 1 aliphatic rings. The highest BCUT2D eigenvalue weighted by atomic mass is 16.6. The highest BCUT2D eigenvalue weighted by molar-refractivity contribution is 6.36. The Bertz CT molecular complexity index is 724. The van der Waals surface area contributed by atoms with Crippen LogP contribution in [0.25, 0.3) is 11.0 Å². The lowest BCUT2D eigenvalue weighted by Crippen LogP contribution is -2.43. The molecule has 0 aromatic carbocycles. The van der Waals surface area contributed by atoms with E-state index in [4.69, 9.17) is 4.74 Å². The van der Waals surface area contributed by atoms with Crippen LogP contribution in [-0.4, -0.2) is 57.3 Å². The van der Waals surface area contributed by atoms with E-state index in [1.165, 1.54) is 6.33 Å². The summed E-state index contributed by atoms with van der Waals surface area (Å²) < 4.78 is 7.42. The molecule has 0 unspecified atom stereocenters. The predicted octanol–water partition coefficient (Wildman–Crippen LogP) is 0.657. The fraction of sp³-hybridized carbons (Fsp3) is 0.600. The molecule has 7 nitrogen and oxygen atoms in total. The number of hydrogen-bond donors (Lipinski definition) is 0. The number of likely N-dealkylation sites (tertiary alicyclic amines) is 1. The Morgan fingerprint density at radius 3 is 2.96 bits per heavy atom. The molecule has 1 aliphatic heterocycles. The summed E-state index contributed by atoms with van der Waals surface area (Å²) in [5.41, 5.74) is 1.26. The van der Waals surface area contributed by atoms with Crippen molar-refractivity contribution in [2.24, 2.45) is 0 Å². The van der Waals surface area contributed by atoms with E-state index in [-0.39, 0.29) is 12.1 Å². The second kappa shape index (κ2) is 5.83. The van der Waals surface area contributed by atoms with Gasteiger partial charge < -0.3 is 9.64 Å². The van der Waals surface area contributed by atoms with Crippen LogP contribution in [0.1, 0.15) is 39.7 Å². The molecule has 0 bridgehead atoms. The van der Waals surface area contributed by atoms with Crippen LogP contribution in [0.15, 0.2) is 12.5 Å². The Balaban J connectivity index is 1.82. The minimum atomic E-state index is -0.480. The molecule has 0 saturated carbocycles. The van der Waals surface area contributed by atoms with Gasteiger partial charge >= 0.3 is 6.09 Å². The molecular formula is C15H22BN5O2. The Labute approximate surface area is 136 Å². The van der Waals surface area contributed by atoms with E-state index in [2.05, 4.69) is 15.1 Å². The van der Waals surface area contributed by atoms with Gasteiger partial charge in [0, 0.05) is 24.9 Å². The average Bonchev–Trinajstić information content (AvgIpc) is 2.83. The van der Waals surface area contributed by atoms with Crippen LogP contribution in [0.3, 0.4) is 0 Å². The summed E-state index contributed by atoms with van der Waals surface area (Å²) >= 11 is 0. The number of carbonyl (C=O) groups excluding carboxylic acids is 1.